The van der Waals surface area contributed by atoms with Crippen LogP contribution in [0.25, 0.3) is 0 Å². The van der Waals surface area contributed by atoms with Crippen molar-refractivity contribution in [2.24, 2.45) is 0 Å². The zero-order chi connectivity index (χ0) is 18.4. The van der Waals surface area contributed by atoms with E-state index in [1.165, 1.54) is 12.1 Å². The smallest absolute Gasteiger partial charge is 0.166 e. The van der Waals surface area contributed by atoms with Gasteiger partial charge in [-0.3, -0.25) is 0 Å². The van der Waals surface area contributed by atoms with Crippen LogP contribution in [0.15, 0.2) is 66.7 Å². The van der Waals surface area contributed by atoms with E-state index >= 15 is 0 Å². The van der Waals surface area contributed by atoms with Gasteiger partial charge in [-0.05, 0) is 48.0 Å². The molecule has 0 saturated heterocycles. The fraction of sp³-hybridized carbons (Fsp3) is 0.143. The summed E-state index contributed by atoms with van der Waals surface area (Å²) in [7, 11) is 1.61. The lowest BCUT2D eigenvalue weighted by Gasteiger charge is -2.16. The topological polar surface area (TPSA) is 30.5 Å². The first-order valence-electron chi connectivity index (χ1n) is 8.18. The molecule has 0 aromatic heterocycles. The van der Waals surface area contributed by atoms with Crippen molar-refractivity contribution in [1.82, 2.24) is 0 Å². The monoisotopic (exact) mass is 371 g/mol. The Morgan fingerprint density at radius 2 is 1.69 bits per heavy atom. The van der Waals surface area contributed by atoms with Crippen LogP contribution in [0, 0.1) is 5.82 Å². The van der Waals surface area contributed by atoms with Crippen molar-refractivity contribution in [2.75, 3.05) is 12.4 Å². The largest absolute Gasteiger partial charge is 0.493 e. The van der Waals surface area contributed by atoms with Gasteiger partial charge in [-0.2, -0.15) is 0 Å². The quantitative estimate of drug-likeness (QED) is 0.579. The SMILES string of the molecule is COc1cccc(CNc2ccc(Cl)cc2)c1OCc1ccc(F)cc1. The molecule has 0 unspecified atom stereocenters. The molecule has 0 radical (unpaired) electrons. The van der Waals surface area contributed by atoms with Crippen molar-refractivity contribution in [2.45, 2.75) is 13.2 Å². The fourth-order valence-electron chi connectivity index (χ4n) is 2.53. The van der Waals surface area contributed by atoms with Gasteiger partial charge in [0, 0.05) is 22.8 Å². The Morgan fingerprint density at radius 1 is 0.962 bits per heavy atom. The molecule has 0 atom stereocenters. The molecule has 3 nitrogen and oxygen atoms in total. The molecule has 0 aliphatic carbocycles. The van der Waals surface area contributed by atoms with Crippen LogP contribution in [-0.2, 0) is 13.2 Å². The number of para-hydroxylation sites is 1. The number of anilines is 1. The zero-order valence-electron chi connectivity index (χ0n) is 14.3. The molecule has 3 aromatic carbocycles. The van der Waals surface area contributed by atoms with Gasteiger partial charge in [-0.15, -0.1) is 0 Å². The molecule has 0 saturated carbocycles. The summed E-state index contributed by atoms with van der Waals surface area (Å²) in [5.41, 5.74) is 2.80. The lowest BCUT2D eigenvalue weighted by molar-refractivity contribution is 0.281. The third kappa shape index (κ3) is 4.67. The van der Waals surface area contributed by atoms with E-state index in [0.29, 0.717) is 29.7 Å². The minimum Gasteiger partial charge on any atom is -0.493 e. The zero-order valence-corrected chi connectivity index (χ0v) is 15.1. The summed E-state index contributed by atoms with van der Waals surface area (Å²) in [5.74, 6) is 1.06. The molecule has 0 aliphatic heterocycles. The summed E-state index contributed by atoms with van der Waals surface area (Å²) in [6.07, 6.45) is 0. The van der Waals surface area contributed by atoms with E-state index < -0.39 is 0 Å². The Morgan fingerprint density at radius 3 is 2.38 bits per heavy atom. The Hall–Kier alpha value is -2.72. The van der Waals surface area contributed by atoms with Crippen molar-refractivity contribution in [3.05, 3.63) is 88.7 Å². The minimum absolute atomic E-state index is 0.265. The van der Waals surface area contributed by atoms with Crippen LogP contribution in [0.5, 0.6) is 11.5 Å². The summed E-state index contributed by atoms with van der Waals surface area (Å²) in [5, 5.41) is 4.04. The Kier molecular flexibility index (Phi) is 5.97. The van der Waals surface area contributed by atoms with Crippen LogP contribution in [0.3, 0.4) is 0 Å². The van der Waals surface area contributed by atoms with Gasteiger partial charge in [0.1, 0.15) is 12.4 Å². The highest BCUT2D eigenvalue weighted by Gasteiger charge is 2.11. The second-order valence-corrected chi connectivity index (χ2v) is 6.16. The van der Waals surface area contributed by atoms with Crippen molar-refractivity contribution in [3.8, 4) is 11.5 Å². The van der Waals surface area contributed by atoms with Gasteiger partial charge in [0.05, 0.1) is 7.11 Å². The average Bonchev–Trinajstić information content (AvgIpc) is 2.67. The number of ether oxygens (including phenoxy) is 2. The normalized spacial score (nSPS) is 10.4. The van der Waals surface area contributed by atoms with E-state index in [1.54, 1.807) is 19.2 Å². The minimum atomic E-state index is -0.265. The van der Waals surface area contributed by atoms with Crippen LogP contribution in [0.4, 0.5) is 10.1 Å². The number of methoxy groups -OCH3 is 1. The molecule has 26 heavy (non-hydrogen) atoms. The molecular weight excluding hydrogens is 353 g/mol. The van der Waals surface area contributed by atoms with Gasteiger partial charge in [0.2, 0.25) is 0 Å². The molecule has 1 N–H and O–H groups in total. The summed E-state index contributed by atoms with van der Waals surface area (Å²) < 4.78 is 24.5. The van der Waals surface area contributed by atoms with Crippen molar-refractivity contribution in [1.29, 1.82) is 0 Å². The highest BCUT2D eigenvalue weighted by atomic mass is 35.5. The molecule has 5 heteroatoms. The van der Waals surface area contributed by atoms with Gasteiger partial charge in [0.25, 0.3) is 0 Å². The van der Waals surface area contributed by atoms with Crippen LogP contribution < -0.4 is 14.8 Å². The predicted octanol–water partition coefficient (Wildman–Crippen LogP) is 5.68. The van der Waals surface area contributed by atoms with E-state index in [0.717, 1.165) is 16.8 Å². The van der Waals surface area contributed by atoms with Gasteiger partial charge in [0.15, 0.2) is 11.5 Å². The maximum absolute atomic E-state index is 13.0. The van der Waals surface area contributed by atoms with E-state index in [1.807, 2.05) is 42.5 Å². The van der Waals surface area contributed by atoms with Gasteiger partial charge in [-0.25, -0.2) is 4.39 Å². The Bertz CT molecular complexity index is 851. The number of rotatable bonds is 7. The molecular formula is C21H19ClFNO2. The molecule has 0 bridgehead atoms. The molecule has 0 amide bonds. The third-order valence-electron chi connectivity index (χ3n) is 3.90. The molecule has 0 fully saturated rings. The van der Waals surface area contributed by atoms with E-state index in [4.69, 9.17) is 21.1 Å². The van der Waals surface area contributed by atoms with Crippen molar-refractivity contribution >= 4 is 17.3 Å². The second kappa shape index (κ2) is 8.59. The number of benzene rings is 3. The number of nitrogens with one attached hydrogen (secondary N) is 1. The number of hydrogen-bond donors (Lipinski definition) is 1. The Labute approximate surface area is 157 Å². The summed E-state index contributed by atoms with van der Waals surface area (Å²) >= 11 is 5.92. The number of hydrogen-bond acceptors (Lipinski definition) is 3. The van der Waals surface area contributed by atoms with E-state index in [2.05, 4.69) is 5.32 Å². The predicted molar refractivity (Wildman–Crippen MR) is 103 cm³/mol. The van der Waals surface area contributed by atoms with Gasteiger partial charge in [-0.1, -0.05) is 35.9 Å². The molecule has 0 spiro atoms. The molecule has 3 aromatic rings. The lowest BCUT2D eigenvalue weighted by Crippen LogP contribution is -2.05. The second-order valence-electron chi connectivity index (χ2n) is 5.72. The van der Waals surface area contributed by atoms with Crippen molar-refractivity contribution in [3.63, 3.8) is 0 Å². The van der Waals surface area contributed by atoms with Gasteiger partial charge >= 0.3 is 0 Å². The van der Waals surface area contributed by atoms with Gasteiger partial charge < -0.3 is 14.8 Å². The third-order valence-corrected chi connectivity index (χ3v) is 4.16. The van der Waals surface area contributed by atoms with E-state index in [9.17, 15) is 4.39 Å². The van der Waals surface area contributed by atoms with Crippen LogP contribution in [0.1, 0.15) is 11.1 Å². The molecule has 3 rings (SSSR count). The first-order chi connectivity index (χ1) is 12.7. The molecule has 134 valence electrons. The summed E-state index contributed by atoms with van der Waals surface area (Å²) in [6, 6.07) is 19.5. The summed E-state index contributed by atoms with van der Waals surface area (Å²) in [4.78, 5) is 0. The molecule has 0 aliphatic rings. The Balaban J connectivity index is 1.74. The first-order valence-corrected chi connectivity index (χ1v) is 8.56. The highest BCUT2D eigenvalue weighted by Crippen LogP contribution is 2.32. The van der Waals surface area contributed by atoms with Crippen LogP contribution in [0.2, 0.25) is 5.02 Å². The summed E-state index contributed by atoms with van der Waals surface area (Å²) in [6.45, 7) is 0.895. The van der Waals surface area contributed by atoms with Crippen molar-refractivity contribution < 1.29 is 13.9 Å². The maximum Gasteiger partial charge on any atom is 0.166 e. The molecule has 0 heterocycles. The standard InChI is InChI=1S/C21H19ClFNO2/c1-25-20-4-2-3-16(13-24-19-11-7-17(22)8-12-19)21(20)26-14-15-5-9-18(23)10-6-15/h2-12,24H,13-14H2,1H3. The number of halogens is 2. The average molecular weight is 372 g/mol. The lowest BCUT2D eigenvalue weighted by atomic mass is 10.1. The van der Waals surface area contributed by atoms with Crippen LogP contribution in [-0.4, -0.2) is 7.11 Å². The van der Waals surface area contributed by atoms with Crippen LogP contribution >= 0.6 is 11.6 Å². The first kappa shape index (κ1) is 18.1. The fourth-order valence-corrected chi connectivity index (χ4v) is 2.65. The van der Waals surface area contributed by atoms with E-state index in [-0.39, 0.29) is 5.82 Å². The highest BCUT2D eigenvalue weighted by molar-refractivity contribution is 6.30. The maximum atomic E-state index is 13.0.